The van der Waals surface area contributed by atoms with Crippen LogP contribution in [0.3, 0.4) is 0 Å². The molecule has 1 amide bonds. The normalized spacial score (nSPS) is 15.8. The van der Waals surface area contributed by atoms with Crippen molar-refractivity contribution < 1.29 is 4.79 Å². The maximum Gasteiger partial charge on any atom is 0.237 e. The summed E-state index contributed by atoms with van der Waals surface area (Å²) in [6.45, 7) is 0. The lowest BCUT2D eigenvalue weighted by molar-refractivity contribution is -0.118. The van der Waals surface area contributed by atoms with Gasteiger partial charge in [-0.2, -0.15) is 0 Å². The third-order valence-corrected chi connectivity index (χ3v) is 3.44. The number of anilines is 2. The summed E-state index contributed by atoms with van der Waals surface area (Å²) in [5, 5.41) is 2.77. The Bertz CT molecular complexity index is 591. The Labute approximate surface area is 110 Å². The molecule has 0 spiro atoms. The van der Waals surface area contributed by atoms with Gasteiger partial charge in [-0.3, -0.25) is 10.1 Å². The first kappa shape index (κ1) is 11.6. The highest BCUT2D eigenvalue weighted by atomic mass is 16.2. The molecule has 1 aliphatic carbocycles. The second kappa shape index (κ2) is 4.35. The van der Waals surface area contributed by atoms with Crippen LogP contribution in [0.25, 0.3) is 0 Å². The number of nitrogen functional groups attached to an aromatic ring is 1. The number of nitrogens with two attached hydrogens (primary N) is 1. The van der Waals surface area contributed by atoms with E-state index in [1.807, 2.05) is 24.3 Å². The van der Waals surface area contributed by atoms with E-state index in [4.69, 9.17) is 5.73 Å². The van der Waals surface area contributed by atoms with E-state index in [-0.39, 0.29) is 5.91 Å². The Kier molecular flexibility index (Phi) is 2.67. The first-order valence-corrected chi connectivity index (χ1v) is 6.15. The Morgan fingerprint density at radius 3 is 2.37 bits per heavy atom. The highest BCUT2D eigenvalue weighted by Gasteiger charge is 2.51. The predicted molar refractivity (Wildman–Crippen MR) is 72.4 cm³/mol. The van der Waals surface area contributed by atoms with E-state index < -0.39 is 5.41 Å². The molecule has 0 saturated heterocycles. The number of carbonyl (C=O) groups is 1. The van der Waals surface area contributed by atoms with Crippen molar-refractivity contribution in [3.05, 3.63) is 48.3 Å². The molecule has 0 bridgehead atoms. The molecule has 0 unspecified atom stereocenters. The van der Waals surface area contributed by atoms with Crippen LogP contribution >= 0.6 is 0 Å². The Morgan fingerprint density at radius 1 is 1.16 bits per heavy atom. The zero-order valence-electron chi connectivity index (χ0n) is 10.3. The highest BCUT2D eigenvalue weighted by Crippen LogP contribution is 2.48. The molecule has 5 nitrogen and oxygen atoms in total. The Morgan fingerprint density at radius 2 is 1.79 bits per heavy atom. The zero-order chi connectivity index (χ0) is 13.3. The topological polar surface area (TPSA) is 80.9 Å². The zero-order valence-corrected chi connectivity index (χ0v) is 10.3. The van der Waals surface area contributed by atoms with Crippen molar-refractivity contribution in [1.29, 1.82) is 0 Å². The molecule has 1 aromatic heterocycles. The average molecular weight is 254 g/mol. The van der Waals surface area contributed by atoms with E-state index >= 15 is 0 Å². The Hall–Kier alpha value is -2.43. The molecular weight excluding hydrogens is 240 g/mol. The SMILES string of the molecule is Nc1ccc(C2(C(=O)Nc3ncccn3)CC2)cc1. The van der Waals surface area contributed by atoms with Crippen molar-refractivity contribution in [2.75, 3.05) is 11.1 Å². The number of nitrogens with one attached hydrogen (secondary N) is 1. The van der Waals surface area contributed by atoms with Crippen LogP contribution in [0.1, 0.15) is 18.4 Å². The van der Waals surface area contributed by atoms with Crippen LogP contribution in [-0.2, 0) is 10.2 Å². The van der Waals surface area contributed by atoms with Gasteiger partial charge in [-0.25, -0.2) is 9.97 Å². The minimum Gasteiger partial charge on any atom is -0.399 e. The molecule has 3 rings (SSSR count). The third kappa shape index (κ3) is 2.14. The summed E-state index contributed by atoms with van der Waals surface area (Å²) in [5.74, 6) is 0.290. The number of amides is 1. The second-order valence-electron chi connectivity index (χ2n) is 4.73. The Balaban J connectivity index is 1.81. The van der Waals surface area contributed by atoms with Crippen LogP contribution in [0.15, 0.2) is 42.7 Å². The molecule has 2 aromatic rings. The monoisotopic (exact) mass is 254 g/mol. The van der Waals surface area contributed by atoms with Gasteiger partial charge in [0.25, 0.3) is 0 Å². The van der Waals surface area contributed by atoms with Gasteiger partial charge in [0, 0.05) is 18.1 Å². The molecule has 3 N–H and O–H groups in total. The average Bonchev–Trinajstić information content (AvgIpc) is 3.22. The number of carbonyl (C=O) groups excluding carboxylic acids is 1. The smallest absolute Gasteiger partial charge is 0.237 e. The third-order valence-electron chi connectivity index (χ3n) is 3.44. The van der Waals surface area contributed by atoms with Gasteiger partial charge in [0.15, 0.2) is 0 Å². The van der Waals surface area contributed by atoms with E-state index in [0.717, 1.165) is 18.4 Å². The number of hydrogen-bond acceptors (Lipinski definition) is 4. The molecule has 1 aliphatic rings. The number of hydrogen-bond donors (Lipinski definition) is 2. The van der Waals surface area contributed by atoms with E-state index in [1.165, 1.54) is 0 Å². The molecule has 0 aliphatic heterocycles. The van der Waals surface area contributed by atoms with Gasteiger partial charge in [-0.05, 0) is 36.6 Å². The maximum absolute atomic E-state index is 12.4. The number of rotatable bonds is 3. The minimum atomic E-state index is -0.438. The number of aromatic nitrogens is 2. The van der Waals surface area contributed by atoms with Gasteiger partial charge in [-0.1, -0.05) is 12.1 Å². The standard InChI is InChI=1S/C14H14N4O/c15-11-4-2-10(3-5-11)14(6-7-14)12(19)18-13-16-8-1-9-17-13/h1-5,8-9H,6-7,15H2,(H,16,17,18,19). The van der Waals surface area contributed by atoms with Crippen molar-refractivity contribution in [2.24, 2.45) is 0 Å². The first-order valence-electron chi connectivity index (χ1n) is 6.15. The summed E-state index contributed by atoms with van der Waals surface area (Å²) < 4.78 is 0. The van der Waals surface area contributed by atoms with Gasteiger partial charge < -0.3 is 5.73 Å². The van der Waals surface area contributed by atoms with Gasteiger partial charge in [0.1, 0.15) is 0 Å². The lowest BCUT2D eigenvalue weighted by atomic mass is 9.95. The number of nitrogens with zero attached hydrogens (tertiary/aromatic N) is 2. The van der Waals surface area contributed by atoms with Crippen LogP contribution in [0.4, 0.5) is 11.6 Å². The molecule has 1 aromatic carbocycles. The lowest BCUT2D eigenvalue weighted by Gasteiger charge is -2.15. The van der Waals surface area contributed by atoms with Gasteiger partial charge in [-0.15, -0.1) is 0 Å². The van der Waals surface area contributed by atoms with Gasteiger partial charge >= 0.3 is 0 Å². The van der Waals surface area contributed by atoms with E-state index in [0.29, 0.717) is 11.6 Å². The van der Waals surface area contributed by atoms with Gasteiger partial charge in [0.2, 0.25) is 11.9 Å². The molecular formula is C14H14N4O. The number of benzene rings is 1. The first-order chi connectivity index (χ1) is 9.21. The fraction of sp³-hybridized carbons (Fsp3) is 0.214. The van der Waals surface area contributed by atoms with Crippen LogP contribution in [0.5, 0.6) is 0 Å². The van der Waals surface area contributed by atoms with E-state index in [2.05, 4.69) is 15.3 Å². The van der Waals surface area contributed by atoms with Crippen LogP contribution in [-0.4, -0.2) is 15.9 Å². The van der Waals surface area contributed by atoms with Gasteiger partial charge in [0.05, 0.1) is 5.41 Å². The van der Waals surface area contributed by atoms with Crippen LogP contribution < -0.4 is 11.1 Å². The largest absolute Gasteiger partial charge is 0.399 e. The summed E-state index contributed by atoms with van der Waals surface area (Å²) in [4.78, 5) is 20.4. The lowest BCUT2D eigenvalue weighted by Crippen LogP contribution is -2.28. The molecule has 1 heterocycles. The minimum absolute atomic E-state index is 0.0523. The van der Waals surface area contributed by atoms with Crippen LogP contribution in [0.2, 0.25) is 0 Å². The molecule has 1 fully saturated rings. The fourth-order valence-electron chi connectivity index (χ4n) is 2.16. The van der Waals surface area contributed by atoms with E-state index in [1.54, 1.807) is 18.5 Å². The molecule has 0 radical (unpaired) electrons. The highest BCUT2D eigenvalue weighted by molar-refractivity contribution is 6.00. The second-order valence-corrected chi connectivity index (χ2v) is 4.73. The summed E-state index contributed by atoms with van der Waals surface area (Å²) in [7, 11) is 0. The molecule has 5 heteroatoms. The van der Waals surface area contributed by atoms with Crippen molar-refractivity contribution in [3.63, 3.8) is 0 Å². The maximum atomic E-state index is 12.4. The van der Waals surface area contributed by atoms with Crippen molar-refractivity contribution in [1.82, 2.24) is 9.97 Å². The fourth-order valence-corrected chi connectivity index (χ4v) is 2.16. The summed E-state index contributed by atoms with van der Waals surface area (Å²) in [6, 6.07) is 9.17. The molecule has 96 valence electrons. The summed E-state index contributed by atoms with van der Waals surface area (Å²) in [6.07, 6.45) is 4.89. The summed E-state index contributed by atoms with van der Waals surface area (Å²) in [5.41, 5.74) is 6.93. The quantitative estimate of drug-likeness (QED) is 0.817. The molecule has 1 saturated carbocycles. The predicted octanol–water partition coefficient (Wildman–Crippen LogP) is 1.73. The molecule has 0 atom stereocenters. The van der Waals surface area contributed by atoms with E-state index in [9.17, 15) is 4.79 Å². The summed E-state index contributed by atoms with van der Waals surface area (Å²) >= 11 is 0. The van der Waals surface area contributed by atoms with Crippen molar-refractivity contribution >= 4 is 17.5 Å². The van der Waals surface area contributed by atoms with Crippen LogP contribution in [0, 0.1) is 0 Å². The van der Waals surface area contributed by atoms with Crippen molar-refractivity contribution in [3.8, 4) is 0 Å². The van der Waals surface area contributed by atoms with Crippen molar-refractivity contribution in [2.45, 2.75) is 18.3 Å². The molecule has 19 heavy (non-hydrogen) atoms.